The predicted molar refractivity (Wildman–Crippen MR) is 115 cm³/mol. The highest BCUT2D eigenvalue weighted by Gasteiger charge is 2.50. The summed E-state index contributed by atoms with van der Waals surface area (Å²) in [6.45, 7) is 9.48. The van der Waals surface area contributed by atoms with Gasteiger partial charge in [-0.05, 0) is 48.6 Å². The largest absolute Gasteiger partial charge is 0.493 e. The molecule has 6 heteroatoms. The van der Waals surface area contributed by atoms with Crippen LogP contribution in [0.25, 0.3) is 11.0 Å². The Kier molecular flexibility index (Phi) is 4.87. The summed E-state index contributed by atoms with van der Waals surface area (Å²) in [5.41, 5.74) is 1.54. The van der Waals surface area contributed by atoms with Gasteiger partial charge in [-0.3, -0.25) is 4.79 Å². The Hall–Kier alpha value is -2.50. The van der Waals surface area contributed by atoms with Gasteiger partial charge < -0.3 is 18.8 Å². The minimum Gasteiger partial charge on any atom is -0.493 e. The van der Waals surface area contributed by atoms with E-state index in [4.69, 9.17) is 13.9 Å². The van der Waals surface area contributed by atoms with Crippen molar-refractivity contribution in [3.63, 3.8) is 0 Å². The molecule has 2 aromatic rings. The third kappa shape index (κ3) is 3.46. The number of hydrogen-bond acceptors (Lipinski definition) is 5. The average Bonchev–Trinajstić information content (AvgIpc) is 2.92. The summed E-state index contributed by atoms with van der Waals surface area (Å²) in [6.07, 6.45) is 3.24. The summed E-state index contributed by atoms with van der Waals surface area (Å²) in [6, 6.07) is 3.71. The molecule has 2 aliphatic rings. The normalized spacial score (nSPS) is 24.9. The van der Waals surface area contributed by atoms with E-state index in [1.807, 2.05) is 11.8 Å². The highest BCUT2D eigenvalue weighted by atomic mass is 16.5. The van der Waals surface area contributed by atoms with Gasteiger partial charge >= 0.3 is 5.63 Å². The number of amides is 1. The van der Waals surface area contributed by atoms with Gasteiger partial charge in [-0.25, -0.2) is 4.79 Å². The molecular weight excluding hydrogens is 382 g/mol. The fraction of sp³-hybridized carbons (Fsp3) is 0.583. The summed E-state index contributed by atoms with van der Waals surface area (Å²) in [7, 11) is 3.10. The van der Waals surface area contributed by atoms with Crippen LogP contribution in [0.4, 0.5) is 0 Å². The van der Waals surface area contributed by atoms with Gasteiger partial charge in [0.2, 0.25) is 5.91 Å². The smallest absolute Gasteiger partial charge is 0.340 e. The first-order valence-corrected chi connectivity index (χ1v) is 10.5. The lowest BCUT2D eigenvalue weighted by Gasteiger charge is -2.39. The number of hydrogen-bond donors (Lipinski definition) is 0. The minimum absolute atomic E-state index is 0.0108. The third-order valence-electron chi connectivity index (χ3n) is 6.85. The third-order valence-corrected chi connectivity index (χ3v) is 6.85. The molecule has 4 rings (SSSR count). The van der Waals surface area contributed by atoms with E-state index in [-0.39, 0.29) is 29.2 Å². The van der Waals surface area contributed by atoms with Crippen LogP contribution in [0, 0.1) is 17.8 Å². The molecule has 2 atom stereocenters. The van der Waals surface area contributed by atoms with Crippen molar-refractivity contribution in [2.24, 2.45) is 10.8 Å². The fourth-order valence-electron chi connectivity index (χ4n) is 5.92. The zero-order chi connectivity index (χ0) is 21.8. The second-order valence-electron chi connectivity index (χ2n) is 10.1. The van der Waals surface area contributed by atoms with E-state index in [1.165, 1.54) is 7.11 Å². The molecule has 0 spiro atoms. The molecule has 30 heavy (non-hydrogen) atoms. The van der Waals surface area contributed by atoms with Crippen LogP contribution < -0.4 is 15.1 Å². The van der Waals surface area contributed by atoms with Gasteiger partial charge in [0.05, 0.1) is 26.2 Å². The number of rotatable bonds is 4. The molecular formula is C24H31NO5. The number of likely N-dealkylation sites (tertiary alicyclic amines) is 1. The van der Waals surface area contributed by atoms with Gasteiger partial charge in [0.1, 0.15) is 5.58 Å². The maximum Gasteiger partial charge on any atom is 0.340 e. The summed E-state index contributed by atoms with van der Waals surface area (Å²) in [5, 5.41) is 0.753. The highest BCUT2D eigenvalue weighted by Crippen LogP contribution is 2.52. The van der Waals surface area contributed by atoms with Gasteiger partial charge in [-0.1, -0.05) is 20.8 Å². The number of carbonyl (C=O) groups excluding carboxylic acids is 1. The van der Waals surface area contributed by atoms with Crippen LogP contribution in [0.5, 0.6) is 11.5 Å². The van der Waals surface area contributed by atoms with Gasteiger partial charge in [-0.2, -0.15) is 0 Å². The van der Waals surface area contributed by atoms with Crippen molar-refractivity contribution >= 4 is 16.9 Å². The van der Waals surface area contributed by atoms with Crippen LogP contribution >= 0.6 is 0 Å². The van der Waals surface area contributed by atoms with E-state index in [2.05, 4.69) is 20.8 Å². The first kappa shape index (κ1) is 20.8. The lowest BCUT2D eigenvalue weighted by atomic mass is 9.65. The molecule has 1 aliphatic carbocycles. The van der Waals surface area contributed by atoms with Crippen LogP contribution in [-0.2, 0) is 11.2 Å². The first-order valence-electron chi connectivity index (χ1n) is 10.5. The Morgan fingerprint density at radius 1 is 1.17 bits per heavy atom. The summed E-state index contributed by atoms with van der Waals surface area (Å²) in [4.78, 5) is 28.0. The summed E-state index contributed by atoms with van der Waals surface area (Å²) < 4.78 is 16.3. The molecule has 1 saturated heterocycles. The molecule has 1 saturated carbocycles. The molecule has 0 N–H and O–H groups in total. The van der Waals surface area contributed by atoms with Gasteiger partial charge in [-0.15, -0.1) is 0 Å². The quantitative estimate of drug-likeness (QED) is 0.706. The second kappa shape index (κ2) is 7.03. The molecule has 1 amide bonds. The Labute approximate surface area is 177 Å². The van der Waals surface area contributed by atoms with Gasteiger partial charge in [0.25, 0.3) is 0 Å². The topological polar surface area (TPSA) is 69.0 Å². The van der Waals surface area contributed by atoms with Crippen molar-refractivity contribution in [3.8, 4) is 11.5 Å². The molecule has 0 radical (unpaired) electrons. The summed E-state index contributed by atoms with van der Waals surface area (Å²) >= 11 is 0. The average molecular weight is 414 g/mol. The predicted octanol–water partition coefficient (Wildman–Crippen LogP) is 4.09. The molecule has 1 aromatic carbocycles. The van der Waals surface area contributed by atoms with Crippen molar-refractivity contribution in [2.75, 3.05) is 20.8 Å². The molecule has 2 heterocycles. The van der Waals surface area contributed by atoms with Gasteiger partial charge in [0.15, 0.2) is 11.5 Å². The zero-order valence-electron chi connectivity index (χ0n) is 18.8. The molecule has 6 nitrogen and oxygen atoms in total. The SMILES string of the molecule is COc1cc2oc(=O)c(CC(=O)N3C[C@]4(C)C[C@@H]3CC(C)(C)C4)c(C)c2cc1OC. The highest BCUT2D eigenvalue weighted by molar-refractivity contribution is 5.87. The number of methoxy groups -OCH3 is 2. The molecule has 1 aliphatic heterocycles. The number of nitrogens with zero attached hydrogens (tertiary/aromatic N) is 1. The van der Waals surface area contributed by atoms with E-state index < -0.39 is 5.63 Å². The van der Waals surface area contributed by atoms with Crippen molar-refractivity contribution < 1.29 is 18.7 Å². The molecule has 2 fully saturated rings. The Morgan fingerprint density at radius 3 is 2.50 bits per heavy atom. The molecule has 2 bridgehead atoms. The van der Waals surface area contributed by atoms with E-state index in [9.17, 15) is 9.59 Å². The minimum atomic E-state index is -0.464. The number of fused-ring (bicyclic) bond motifs is 3. The lowest BCUT2D eigenvalue weighted by Crippen LogP contribution is -2.39. The Morgan fingerprint density at radius 2 is 1.83 bits per heavy atom. The van der Waals surface area contributed by atoms with E-state index in [1.54, 1.807) is 19.2 Å². The molecule has 0 unspecified atom stereocenters. The standard InChI is InChI=1S/C24H31NO5/c1-14-16-7-19(28-5)20(29-6)9-18(16)30-22(27)17(14)8-21(26)25-13-24(4)11-15(25)10-23(2,3)12-24/h7,9,15H,8,10-13H2,1-6H3/t15-,24+/m0/s1. The number of aryl methyl sites for hydroxylation is 1. The van der Waals surface area contributed by atoms with Crippen LogP contribution in [0.15, 0.2) is 21.3 Å². The summed E-state index contributed by atoms with van der Waals surface area (Å²) in [5.74, 6) is 1.07. The Balaban J connectivity index is 1.67. The van der Waals surface area contributed by atoms with Crippen molar-refractivity contribution in [3.05, 3.63) is 33.7 Å². The van der Waals surface area contributed by atoms with Crippen molar-refractivity contribution in [2.45, 2.75) is 59.4 Å². The maximum atomic E-state index is 13.3. The fourth-order valence-corrected chi connectivity index (χ4v) is 5.92. The van der Waals surface area contributed by atoms with E-state index in [0.29, 0.717) is 22.6 Å². The van der Waals surface area contributed by atoms with E-state index >= 15 is 0 Å². The van der Waals surface area contributed by atoms with Crippen LogP contribution in [0.3, 0.4) is 0 Å². The van der Waals surface area contributed by atoms with E-state index in [0.717, 1.165) is 36.8 Å². The molecule has 1 aromatic heterocycles. The van der Waals surface area contributed by atoms with Crippen LogP contribution in [0.1, 0.15) is 51.2 Å². The molecule has 162 valence electrons. The number of benzene rings is 1. The van der Waals surface area contributed by atoms with Crippen LogP contribution in [0.2, 0.25) is 0 Å². The lowest BCUT2D eigenvalue weighted by molar-refractivity contribution is -0.131. The monoisotopic (exact) mass is 413 g/mol. The first-order chi connectivity index (χ1) is 14.1. The van der Waals surface area contributed by atoms with Crippen molar-refractivity contribution in [1.29, 1.82) is 0 Å². The van der Waals surface area contributed by atoms with Crippen LogP contribution in [-0.4, -0.2) is 37.6 Å². The maximum absolute atomic E-state index is 13.3. The number of carbonyl (C=O) groups is 1. The van der Waals surface area contributed by atoms with Gasteiger partial charge in [0, 0.05) is 24.0 Å². The van der Waals surface area contributed by atoms with Crippen molar-refractivity contribution in [1.82, 2.24) is 4.90 Å². The Bertz CT molecular complexity index is 1070. The zero-order valence-corrected chi connectivity index (χ0v) is 18.8. The number of ether oxygens (including phenoxy) is 2. The second-order valence-corrected chi connectivity index (χ2v) is 10.1.